The Labute approximate surface area is 113 Å². The molecule has 0 spiro atoms. The smallest absolute Gasteiger partial charge is 0.306 e. The van der Waals surface area contributed by atoms with Crippen molar-refractivity contribution in [2.75, 3.05) is 0 Å². The highest BCUT2D eigenvalue weighted by Gasteiger charge is 2.09. The molecule has 0 saturated carbocycles. The Kier molecular flexibility index (Phi) is 4.09. The zero-order valence-electron chi connectivity index (χ0n) is 10.3. The van der Waals surface area contributed by atoms with E-state index < -0.39 is 12.0 Å². The molecule has 7 heteroatoms. The third-order valence-electron chi connectivity index (χ3n) is 2.69. The predicted molar refractivity (Wildman–Crippen MR) is 67.1 cm³/mol. The first kappa shape index (κ1) is 13.7. The first-order chi connectivity index (χ1) is 9.60. The van der Waals surface area contributed by atoms with Gasteiger partial charge in [-0.25, -0.2) is 0 Å². The van der Waals surface area contributed by atoms with Gasteiger partial charge in [-0.3, -0.25) is 4.79 Å². The Morgan fingerprint density at radius 1 is 1.30 bits per heavy atom. The summed E-state index contributed by atoms with van der Waals surface area (Å²) in [4.78, 5) is 10.5. The number of halogens is 1. The maximum absolute atomic E-state index is 12.7. The summed E-state index contributed by atoms with van der Waals surface area (Å²) in [6, 6.07) is 6.96. The highest BCUT2D eigenvalue weighted by Crippen LogP contribution is 2.20. The standard InChI is InChI=1S/C13H11FN2O4/c14-12-7-11(16-20-12)9-3-1-8(2-4-9)10(15-19)5-6-13(17)18/h1-4,7,19H,5-6H2,(H,17,18)/b15-10+. The Bertz CT molecular complexity index is 634. The molecule has 0 atom stereocenters. The maximum Gasteiger partial charge on any atom is 0.306 e. The van der Waals surface area contributed by atoms with E-state index in [2.05, 4.69) is 14.8 Å². The summed E-state index contributed by atoms with van der Waals surface area (Å²) in [5.74, 6) is -0.971. The van der Waals surface area contributed by atoms with E-state index in [1.54, 1.807) is 24.3 Å². The van der Waals surface area contributed by atoms with Crippen molar-refractivity contribution in [1.29, 1.82) is 0 Å². The number of rotatable bonds is 5. The molecule has 0 amide bonds. The van der Waals surface area contributed by atoms with E-state index in [1.807, 2.05) is 0 Å². The predicted octanol–water partition coefficient (Wildman–Crippen LogP) is 2.52. The fraction of sp³-hybridized carbons (Fsp3) is 0.154. The van der Waals surface area contributed by atoms with E-state index in [0.29, 0.717) is 16.8 Å². The SMILES string of the molecule is O=C(O)CC/C(=N\O)c1ccc(-c2cc(F)on2)cc1. The topological polar surface area (TPSA) is 95.9 Å². The summed E-state index contributed by atoms with van der Waals surface area (Å²) in [5.41, 5.74) is 1.84. The van der Waals surface area contributed by atoms with E-state index in [1.165, 1.54) is 0 Å². The lowest BCUT2D eigenvalue weighted by Gasteiger charge is -2.04. The van der Waals surface area contributed by atoms with E-state index in [-0.39, 0.29) is 18.6 Å². The lowest BCUT2D eigenvalue weighted by molar-refractivity contribution is -0.136. The summed E-state index contributed by atoms with van der Waals surface area (Å²) in [5, 5.41) is 24.1. The van der Waals surface area contributed by atoms with Gasteiger partial charge in [0, 0.05) is 18.1 Å². The van der Waals surface area contributed by atoms with Crippen LogP contribution in [0.5, 0.6) is 0 Å². The van der Waals surface area contributed by atoms with Crippen molar-refractivity contribution in [2.45, 2.75) is 12.8 Å². The second-order valence-electron chi connectivity index (χ2n) is 4.03. The molecule has 2 N–H and O–H groups in total. The molecule has 104 valence electrons. The number of benzene rings is 1. The number of carboxylic acids is 1. The lowest BCUT2D eigenvalue weighted by atomic mass is 10.0. The van der Waals surface area contributed by atoms with Crippen LogP contribution in [0.25, 0.3) is 11.3 Å². The average molecular weight is 278 g/mol. The van der Waals surface area contributed by atoms with Crippen LogP contribution in [0.2, 0.25) is 0 Å². The minimum Gasteiger partial charge on any atom is -0.481 e. The summed E-state index contributed by atoms with van der Waals surface area (Å²) in [6.45, 7) is 0. The van der Waals surface area contributed by atoms with Crippen molar-refractivity contribution in [1.82, 2.24) is 5.16 Å². The van der Waals surface area contributed by atoms with Crippen LogP contribution in [0.1, 0.15) is 18.4 Å². The fourth-order valence-corrected chi connectivity index (χ4v) is 1.70. The van der Waals surface area contributed by atoms with Gasteiger partial charge in [-0.2, -0.15) is 4.39 Å². The highest BCUT2D eigenvalue weighted by atomic mass is 19.1. The second-order valence-corrected chi connectivity index (χ2v) is 4.03. The molecule has 0 aliphatic heterocycles. The van der Waals surface area contributed by atoms with Gasteiger partial charge in [0.15, 0.2) is 0 Å². The maximum atomic E-state index is 12.7. The van der Waals surface area contributed by atoms with Crippen LogP contribution >= 0.6 is 0 Å². The molecule has 0 bridgehead atoms. The van der Waals surface area contributed by atoms with Crippen LogP contribution in [-0.2, 0) is 4.79 Å². The van der Waals surface area contributed by atoms with Crippen molar-refractivity contribution in [3.63, 3.8) is 0 Å². The molecular weight excluding hydrogens is 267 g/mol. The van der Waals surface area contributed by atoms with Crippen molar-refractivity contribution < 1.29 is 24.0 Å². The number of carboxylic acid groups (broad SMARTS) is 1. The van der Waals surface area contributed by atoms with Gasteiger partial charge >= 0.3 is 12.0 Å². The highest BCUT2D eigenvalue weighted by molar-refractivity contribution is 6.01. The van der Waals surface area contributed by atoms with Gasteiger partial charge in [-0.1, -0.05) is 34.6 Å². The Morgan fingerprint density at radius 3 is 2.50 bits per heavy atom. The number of aromatic nitrogens is 1. The molecule has 0 radical (unpaired) electrons. The van der Waals surface area contributed by atoms with E-state index in [0.717, 1.165) is 6.07 Å². The first-order valence-electron chi connectivity index (χ1n) is 5.76. The van der Waals surface area contributed by atoms with Gasteiger partial charge in [-0.15, -0.1) is 0 Å². The van der Waals surface area contributed by atoms with Crippen molar-refractivity contribution in [2.24, 2.45) is 5.16 Å². The first-order valence-corrected chi connectivity index (χ1v) is 5.76. The van der Waals surface area contributed by atoms with Crippen molar-refractivity contribution >= 4 is 11.7 Å². The third kappa shape index (κ3) is 3.19. The Hall–Kier alpha value is -2.70. The summed E-state index contributed by atoms with van der Waals surface area (Å²) in [7, 11) is 0. The zero-order chi connectivity index (χ0) is 14.5. The van der Waals surface area contributed by atoms with Crippen LogP contribution in [-0.4, -0.2) is 27.2 Å². The number of oxime groups is 1. The fourth-order valence-electron chi connectivity index (χ4n) is 1.70. The second kappa shape index (κ2) is 5.96. The normalized spacial score (nSPS) is 11.6. The van der Waals surface area contributed by atoms with Crippen LogP contribution in [0.3, 0.4) is 0 Å². The van der Waals surface area contributed by atoms with Gasteiger partial charge in [0.25, 0.3) is 0 Å². The minimum absolute atomic E-state index is 0.115. The molecule has 1 aromatic carbocycles. The molecule has 2 rings (SSSR count). The Balaban J connectivity index is 2.16. The van der Waals surface area contributed by atoms with Crippen LogP contribution in [0, 0.1) is 6.01 Å². The van der Waals surface area contributed by atoms with Crippen molar-refractivity contribution in [3.05, 3.63) is 41.9 Å². The number of hydrogen-bond acceptors (Lipinski definition) is 5. The van der Waals surface area contributed by atoms with E-state index in [9.17, 15) is 9.18 Å². The number of hydrogen-bond donors (Lipinski definition) is 2. The molecule has 6 nitrogen and oxygen atoms in total. The molecule has 20 heavy (non-hydrogen) atoms. The van der Waals surface area contributed by atoms with Gasteiger partial charge in [0.1, 0.15) is 5.69 Å². The monoisotopic (exact) mass is 278 g/mol. The molecule has 0 aliphatic rings. The number of carbonyl (C=O) groups is 1. The largest absolute Gasteiger partial charge is 0.481 e. The molecule has 0 unspecified atom stereocenters. The van der Waals surface area contributed by atoms with Crippen molar-refractivity contribution in [3.8, 4) is 11.3 Å². The minimum atomic E-state index is -0.971. The van der Waals surface area contributed by atoms with E-state index in [4.69, 9.17) is 10.3 Å². The van der Waals surface area contributed by atoms with Crippen LogP contribution in [0.4, 0.5) is 4.39 Å². The third-order valence-corrected chi connectivity index (χ3v) is 2.69. The zero-order valence-corrected chi connectivity index (χ0v) is 10.3. The summed E-state index contributed by atoms with van der Waals surface area (Å²) >= 11 is 0. The number of aliphatic carboxylic acids is 1. The molecular formula is C13H11FN2O4. The lowest BCUT2D eigenvalue weighted by Crippen LogP contribution is -2.05. The molecule has 1 aromatic heterocycles. The van der Waals surface area contributed by atoms with E-state index >= 15 is 0 Å². The van der Waals surface area contributed by atoms with Gasteiger partial charge < -0.3 is 14.8 Å². The average Bonchev–Trinajstić information content (AvgIpc) is 2.86. The molecule has 0 saturated heterocycles. The number of nitrogens with zero attached hydrogens (tertiary/aromatic N) is 2. The molecule has 0 fully saturated rings. The van der Waals surface area contributed by atoms with Gasteiger partial charge in [0.2, 0.25) is 0 Å². The van der Waals surface area contributed by atoms with Crippen LogP contribution < -0.4 is 0 Å². The summed E-state index contributed by atoms with van der Waals surface area (Å²) < 4.78 is 17.1. The van der Waals surface area contributed by atoms with Crippen LogP contribution in [0.15, 0.2) is 40.0 Å². The molecule has 2 aromatic rings. The quantitative estimate of drug-likeness (QED) is 0.497. The molecule has 0 aliphatic carbocycles. The summed E-state index contributed by atoms with van der Waals surface area (Å²) in [6.07, 6.45) is -0.0145. The Morgan fingerprint density at radius 2 is 2.00 bits per heavy atom. The van der Waals surface area contributed by atoms with Gasteiger partial charge in [-0.05, 0) is 5.56 Å². The van der Waals surface area contributed by atoms with Gasteiger partial charge in [0.05, 0.1) is 12.1 Å². The molecule has 1 heterocycles.